The third kappa shape index (κ3) is 2.57. The summed E-state index contributed by atoms with van der Waals surface area (Å²) in [5, 5.41) is 12.6. The summed E-state index contributed by atoms with van der Waals surface area (Å²) in [6.45, 7) is 8.91. The van der Waals surface area contributed by atoms with E-state index in [1.54, 1.807) is 0 Å². The van der Waals surface area contributed by atoms with Crippen LogP contribution in [0.3, 0.4) is 0 Å². The summed E-state index contributed by atoms with van der Waals surface area (Å²) in [5.41, 5.74) is 2.78. The molecular formula is C16H21BrN2O2. The van der Waals surface area contributed by atoms with E-state index in [4.69, 9.17) is 0 Å². The van der Waals surface area contributed by atoms with Crippen molar-refractivity contribution < 1.29 is 9.90 Å². The van der Waals surface area contributed by atoms with E-state index in [9.17, 15) is 9.90 Å². The highest BCUT2D eigenvalue weighted by Crippen LogP contribution is 2.42. The lowest BCUT2D eigenvalue weighted by molar-refractivity contribution is -0.123. The van der Waals surface area contributed by atoms with Gasteiger partial charge in [0.05, 0.1) is 5.69 Å². The number of anilines is 2. The van der Waals surface area contributed by atoms with E-state index in [2.05, 4.69) is 46.9 Å². The zero-order valence-electron chi connectivity index (χ0n) is 12.6. The molecule has 2 heterocycles. The highest BCUT2D eigenvalue weighted by molar-refractivity contribution is 9.10. The molecule has 1 saturated heterocycles. The maximum Gasteiger partial charge on any atom is 0.257 e. The molecule has 21 heavy (non-hydrogen) atoms. The first-order valence-corrected chi connectivity index (χ1v) is 8.14. The fraction of sp³-hybridized carbons (Fsp3) is 0.562. The molecule has 0 saturated carbocycles. The maximum absolute atomic E-state index is 11.6. The Hall–Kier alpha value is -1.07. The molecule has 2 aliphatic heterocycles. The highest BCUT2D eigenvalue weighted by atomic mass is 79.9. The van der Waals surface area contributed by atoms with Gasteiger partial charge in [-0.15, -0.1) is 0 Å². The molecule has 0 aromatic heterocycles. The number of fused-ring (bicyclic) bond motifs is 1. The Morgan fingerprint density at radius 2 is 2.10 bits per heavy atom. The second-order valence-electron chi connectivity index (χ2n) is 7.08. The number of carbonyl (C=O) groups excluding carboxylic acids is 1. The Morgan fingerprint density at radius 1 is 1.38 bits per heavy atom. The number of halogens is 1. The number of amides is 1. The van der Waals surface area contributed by atoms with E-state index in [0.29, 0.717) is 16.9 Å². The van der Waals surface area contributed by atoms with E-state index < -0.39 is 6.10 Å². The normalized spacial score (nSPS) is 25.2. The minimum absolute atomic E-state index is 0.308. The third-order valence-corrected chi connectivity index (χ3v) is 5.31. The Morgan fingerprint density at radius 3 is 2.71 bits per heavy atom. The smallest absolute Gasteiger partial charge is 0.257 e. The lowest BCUT2D eigenvalue weighted by Crippen LogP contribution is -2.26. The summed E-state index contributed by atoms with van der Waals surface area (Å²) in [7, 11) is 0. The van der Waals surface area contributed by atoms with Gasteiger partial charge in [-0.25, -0.2) is 0 Å². The summed E-state index contributed by atoms with van der Waals surface area (Å²) >= 11 is 3.59. The molecule has 1 aromatic rings. The Bertz CT molecular complexity index is 595. The molecule has 3 rings (SSSR count). The SMILES string of the molecule is CC(C)(C)C1CCN(c2cc3c(cc2Br)C(O)C(=O)N3)C1. The van der Waals surface area contributed by atoms with Crippen molar-refractivity contribution in [3.05, 3.63) is 22.2 Å². The Labute approximate surface area is 133 Å². The van der Waals surface area contributed by atoms with Gasteiger partial charge in [0, 0.05) is 28.8 Å². The molecule has 2 atom stereocenters. The van der Waals surface area contributed by atoms with Crippen LogP contribution in [0.25, 0.3) is 0 Å². The maximum atomic E-state index is 11.6. The van der Waals surface area contributed by atoms with Gasteiger partial charge in [-0.05, 0) is 45.8 Å². The fourth-order valence-corrected chi connectivity index (χ4v) is 3.79. The summed E-state index contributed by atoms with van der Waals surface area (Å²) in [6, 6.07) is 3.83. The van der Waals surface area contributed by atoms with Gasteiger partial charge in [0.2, 0.25) is 0 Å². The van der Waals surface area contributed by atoms with Crippen molar-refractivity contribution in [1.82, 2.24) is 0 Å². The summed E-state index contributed by atoms with van der Waals surface area (Å²) in [5.74, 6) is 0.320. The molecule has 0 radical (unpaired) electrons. The van der Waals surface area contributed by atoms with E-state index in [1.807, 2.05) is 12.1 Å². The largest absolute Gasteiger partial charge is 0.378 e. The van der Waals surface area contributed by atoms with E-state index in [-0.39, 0.29) is 5.91 Å². The van der Waals surface area contributed by atoms with Crippen LogP contribution in [0, 0.1) is 11.3 Å². The van der Waals surface area contributed by atoms with Crippen molar-refractivity contribution in [2.24, 2.45) is 11.3 Å². The van der Waals surface area contributed by atoms with E-state index in [0.717, 1.165) is 28.9 Å². The molecule has 1 amide bonds. The lowest BCUT2D eigenvalue weighted by Gasteiger charge is -2.28. The number of hydrogen-bond donors (Lipinski definition) is 2. The van der Waals surface area contributed by atoms with Crippen LogP contribution in [0.2, 0.25) is 0 Å². The molecule has 0 spiro atoms. The number of benzene rings is 1. The molecule has 2 unspecified atom stereocenters. The average molecular weight is 353 g/mol. The second kappa shape index (κ2) is 4.99. The van der Waals surface area contributed by atoms with Crippen molar-refractivity contribution in [3.8, 4) is 0 Å². The first-order chi connectivity index (χ1) is 9.77. The van der Waals surface area contributed by atoms with Crippen LogP contribution >= 0.6 is 15.9 Å². The Kier molecular flexibility index (Phi) is 3.53. The number of nitrogens with one attached hydrogen (secondary N) is 1. The van der Waals surface area contributed by atoms with Crippen molar-refractivity contribution in [2.45, 2.75) is 33.3 Å². The molecule has 0 bridgehead atoms. The van der Waals surface area contributed by atoms with Crippen molar-refractivity contribution in [3.63, 3.8) is 0 Å². The number of aliphatic hydroxyl groups is 1. The van der Waals surface area contributed by atoms with Crippen LogP contribution in [-0.2, 0) is 4.79 Å². The predicted molar refractivity (Wildman–Crippen MR) is 87.5 cm³/mol. The number of nitrogens with zero attached hydrogens (tertiary/aromatic N) is 1. The highest BCUT2D eigenvalue weighted by Gasteiger charge is 2.34. The molecule has 1 fully saturated rings. The number of carbonyl (C=O) groups is 1. The number of hydrogen-bond acceptors (Lipinski definition) is 3. The standard InChI is InChI=1S/C16H21BrN2O2/c1-16(2,3)9-4-5-19(8-9)13-7-12-10(6-11(13)17)14(20)15(21)18-12/h6-7,9,14,20H,4-5,8H2,1-3H3,(H,18,21). The van der Waals surface area contributed by atoms with Gasteiger partial charge >= 0.3 is 0 Å². The van der Waals surface area contributed by atoms with Gasteiger partial charge in [-0.3, -0.25) is 4.79 Å². The second-order valence-corrected chi connectivity index (χ2v) is 7.93. The molecule has 2 aliphatic rings. The molecule has 1 aromatic carbocycles. The number of aliphatic hydroxyl groups excluding tert-OH is 1. The van der Waals surface area contributed by atoms with Gasteiger partial charge in [0.1, 0.15) is 0 Å². The summed E-state index contributed by atoms with van der Waals surface area (Å²) < 4.78 is 0.936. The van der Waals surface area contributed by atoms with Crippen LogP contribution in [0.1, 0.15) is 38.9 Å². The van der Waals surface area contributed by atoms with Gasteiger partial charge in [-0.2, -0.15) is 0 Å². The lowest BCUT2D eigenvalue weighted by atomic mass is 9.80. The molecule has 114 valence electrons. The first kappa shape index (κ1) is 14.9. The van der Waals surface area contributed by atoms with Gasteiger partial charge in [0.25, 0.3) is 5.91 Å². The summed E-state index contributed by atoms with van der Waals surface area (Å²) in [4.78, 5) is 13.9. The zero-order valence-corrected chi connectivity index (χ0v) is 14.2. The van der Waals surface area contributed by atoms with E-state index >= 15 is 0 Å². The first-order valence-electron chi connectivity index (χ1n) is 7.34. The van der Waals surface area contributed by atoms with Gasteiger partial charge < -0.3 is 15.3 Å². The number of rotatable bonds is 1. The van der Waals surface area contributed by atoms with Crippen molar-refractivity contribution in [1.29, 1.82) is 0 Å². The van der Waals surface area contributed by atoms with Gasteiger partial charge in [0.15, 0.2) is 6.10 Å². The fourth-order valence-electron chi connectivity index (χ4n) is 3.18. The molecule has 2 N–H and O–H groups in total. The van der Waals surface area contributed by atoms with Crippen LogP contribution < -0.4 is 10.2 Å². The van der Waals surface area contributed by atoms with Gasteiger partial charge in [-0.1, -0.05) is 20.8 Å². The Balaban J connectivity index is 1.88. The van der Waals surface area contributed by atoms with Crippen LogP contribution in [0.5, 0.6) is 0 Å². The summed E-state index contributed by atoms with van der Waals surface area (Å²) in [6.07, 6.45) is 0.133. The molecule has 4 nitrogen and oxygen atoms in total. The van der Waals surface area contributed by atoms with E-state index in [1.165, 1.54) is 6.42 Å². The minimum Gasteiger partial charge on any atom is -0.378 e. The van der Waals surface area contributed by atoms with Crippen molar-refractivity contribution >= 4 is 33.2 Å². The van der Waals surface area contributed by atoms with Crippen molar-refractivity contribution in [2.75, 3.05) is 23.3 Å². The average Bonchev–Trinajstić information content (AvgIpc) is 2.96. The molecular weight excluding hydrogens is 332 g/mol. The van der Waals surface area contributed by atoms with Crippen LogP contribution in [0.15, 0.2) is 16.6 Å². The quantitative estimate of drug-likeness (QED) is 0.815. The topological polar surface area (TPSA) is 52.6 Å². The molecule has 0 aliphatic carbocycles. The monoisotopic (exact) mass is 352 g/mol. The minimum atomic E-state index is -1.05. The van der Waals surface area contributed by atoms with Crippen LogP contribution in [-0.4, -0.2) is 24.1 Å². The zero-order chi connectivity index (χ0) is 15.4. The third-order valence-electron chi connectivity index (χ3n) is 4.67. The predicted octanol–water partition coefficient (Wildman–Crippen LogP) is 3.31. The van der Waals surface area contributed by atoms with Crippen LogP contribution in [0.4, 0.5) is 11.4 Å². The molecule has 5 heteroatoms.